The number of phenolic OH excluding ortho intramolecular Hbond substituents is 1. The number of allylic oxidation sites excluding steroid dienone is 1. The molecule has 3 aliphatic rings. The summed E-state index contributed by atoms with van der Waals surface area (Å²) in [6, 6.07) is 3.54. The quantitative estimate of drug-likeness (QED) is 0.804. The third kappa shape index (κ3) is 1.68. The second-order valence-corrected chi connectivity index (χ2v) is 7.23. The van der Waals surface area contributed by atoms with Crippen molar-refractivity contribution in [2.45, 2.75) is 38.5 Å². The number of aromatic hydroxyl groups is 1. The van der Waals surface area contributed by atoms with Gasteiger partial charge in [-0.15, -0.1) is 0 Å². The number of fused-ring (bicyclic) bond motifs is 5. The van der Waals surface area contributed by atoms with Crippen molar-refractivity contribution >= 4 is 18.1 Å². The monoisotopic (exact) mass is 296 g/mol. The third-order valence-electron chi connectivity index (χ3n) is 6.30. The molecule has 0 bridgehead atoms. The van der Waals surface area contributed by atoms with Crippen molar-refractivity contribution in [3.63, 3.8) is 0 Å². The van der Waals surface area contributed by atoms with Gasteiger partial charge in [-0.3, -0.25) is 9.59 Å². The molecule has 2 fully saturated rings. The minimum absolute atomic E-state index is 0.0496. The first-order valence-corrected chi connectivity index (χ1v) is 8.08. The van der Waals surface area contributed by atoms with Crippen molar-refractivity contribution in [1.82, 2.24) is 0 Å². The number of rotatable bonds is 1. The summed E-state index contributed by atoms with van der Waals surface area (Å²) in [7, 11) is 0. The molecule has 3 nitrogen and oxygen atoms in total. The summed E-state index contributed by atoms with van der Waals surface area (Å²) in [5, 5.41) is 9.88. The molecule has 22 heavy (non-hydrogen) atoms. The van der Waals surface area contributed by atoms with Crippen molar-refractivity contribution < 1.29 is 14.7 Å². The topological polar surface area (TPSA) is 54.4 Å². The highest BCUT2D eigenvalue weighted by molar-refractivity contribution is 5.87. The molecule has 2 saturated carbocycles. The molecule has 1 aromatic carbocycles. The van der Waals surface area contributed by atoms with Crippen LogP contribution in [0.25, 0.3) is 6.08 Å². The molecular weight excluding hydrogens is 276 g/mol. The van der Waals surface area contributed by atoms with Crippen LogP contribution >= 0.6 is 0 Å². The Morgan fingerprint density at radius 3 is 2.91 bits per heavy atom. The third-order valence-corrected chi connectivity index (χ3v) is 6.30. The average Bonchev–Trinajstić information content (AvgIpc) is 2.82. The van der Waals surface area contributed by atoms with Crippen molar-refractivity contribution in [1.29, 1.82) is 0 Å². The predicted molar refractivity (Wildman–Crippen MR) is 83.8 cm³/mol. The smallest absolute Gasteiger partial charge is 0.153 e. The Morgan fingerprint density at radius 2 is 2.14 bits per heavy atom. The Bertz CT molecular complexity index is 703. The molecule has 0 heterocycles. The van der Waals surface area contributed by atoms with Crippen LogP contribution in [0.2, 0.25) is 0 Å². The van der Waals surface area contributed by atoms with E-state index in [0.717, 1.165) is 36.7 Å². The summed E-state index contributed by atoms with van der Waals surface area (Å²) in [6.07, 6.45) is 8.60. The van der Waals surface area contributed by atoms with E-state index < -0.39 is 0 Å². The summed E-state index contributed by atoms with van der Waals surface area (Å²) in [6.45, 7) is 2.14. The van der Waals surface area contributed by atoms with Gasteiger partial charge >= 0.3 is 0 Å². The molecule has 3 aliphatic carbocycles. The second kappa shape index (κ2) is 4.55. The Balaban J connectivity index is 1.79. The maximum absolute atomic E-state index is 12.3. The molecular formula is C19H20O3. The van der Waals surface area contributed by atoms with Gasteiger partial charge in [-0.1, -0.05) is 19.1 Å². The summed E-state index contributed by atoms with van der Waals surface area (Å²) < 4.78 is 0. The van der Waals surface area contributed by atoms with Crippen molar-refractivity contribution in [3.8, 4) is 5.75 Å². The lowest BCUT2D eigenvalue weighted by molar-refractivity contribution is -0.128. The van der Waals surface area contributed by atoms with E-state index in [2.05, 4.69) is 19.1 Å². The number of carbonyl (C=O) groups is 2. The zero-order valence-electron chi connectivity index (χ0n) is 12.7. The summed E-state index contributed by atoms with van der Waals surface area (Å²) >= 11 is 0. The van der Waals surface area contributed by atoms with E-state index in [0.29, 0.717) is 35.5 Å². The minimum Gasteiger partial charge on any atom is -0.507 e. The molecule has 3 heteroatoms. The van der Waals surface area contributed by atoms with E-state index in [4.69, 9.17) is 0 Å². The van der Waals surface area contributed by atoms with Gasteiger partial charge in [0.05, 0.1) is 5.56 Å². The SMILES string of the molecule is CC12CCC3c4cc(C=O)c(O)cc4C=CC3C1CCC2=O. The van der Waals surface area contributed by atoms with Crippen molar-refractivity contribution in [3.05, 3.63) is 34.9 Å². The van der Waals surface area contributed by atoms with Gasteiger partial charge in [0, 0.05) is 11.8 Å². The van der Waals surface area contributed by atoms with Crippen LogP contribution in [0.1, 0.15) is 60.0 Å². The van der Waals surface area contributed by atoms with Gasteiger partial charge < -0.3 is 5.11 Å². The minimum atomic E-state index is -0.159. The number of carbonyl (C=O) groups excluding carboxylic acids is 2. The van der Waals surface area contributed by atoms with Crippen LogP contribution in [0.15, 0.2) is 18.2 Å². The van der Waals surface area contributed by atoms with E-state index in [1.807, 2.05) is 6.07 Å². The molecule has 4 unspecified atom stereocenters. The second-order valence-electron chi connectivity index (χ2n) is 7.23. The first kappa shape index (κ1) is 13.7. The fraction of sp³-hybridized carbons (Fsp3) is 0.474. The molecule has 0 amide bonds. The van der Waals surface area contributed by atoms with Crippen molar-refractivity contribution in [2.75, 3.05) is 0 Å². The van der Waals surface area contributed by atoms with Crippen LogP contribution in [0.5, 0.6) is 5.75 Å². The normalized spacial score (nSPS) is 35.7. The van der Waals surface area contributed by atoms with Crippen LogP contribution in [0, 0.1) is 17.3 Å². The Labute approximate surface area is 130 Å². The summed E-state index contributed by atoms with van der Waals surface area (Å²) in [5.41, 5.74) is 2.38. The number of benzene rings is 1. The highest BCUT2D eigenvalue weighted by atomic mass is 16.3. The number of ketones is 1. The van der Waals surface area contributed by atoms with Gasteiger partial charge in [0.15, 0.2) is 6.29 Å². The largest absolute Gasteiger partial charge is 0.507 e. The van der Waals surface area contributed by atoms with Crippen LogP contribution in [0.4, 0.5) is 0 Å². The van der Waals surface area contributed by atoms with Gasteiger partial charge in [-0.05, 0) is 60.3 Å². The van der Waals surface area contributed by atoms with Gasteiger partial charge in [0.1, 0.15) is 11.5 Å². The fourth-order valence-corrected chi connectivity index (χ4v) is 5.01. The number of phenols is 1. The molecule has 1 aromatic rings. The predicted octanol–water partition coefficient (Wildman–Crippen LogP) is 3.71. The number of hydrogen-bond donors (Lipinski definition) is 1. The molecule has 0 saturated heterocycles. The first-order valence-electron chi connectivity index (χ1n) is 8.08. The van der Waals surface area contributed by atoms with Gasteiger partial charge in [0.25, 0.3) is 0 Å². The Kier molecular flexibility index (Phi) is 2.84. The molecule has 114 valence electrons. The van der Waals surface area contributed by atoms with E-state index >= 15 is 0 Å². The Morgan fingerprint density at radius 1 is 1.32 bits per heavy atom. The molecule has 1 N–H and O–H groups in total. The maximum Gasteiger partial charge on any atom is 0.153 e. The first-order chi connectivity index (χ1) is 10.5. The molecule has 0 radical (unpaired) electrons. The number of hydrogen-bond acceptors (Lipinski definition) is 3. The average molecular weight is 296 g/mol. The van der Waals surface area contributed by atoms with E-state index in [1.165, 1.54) is 0 Å². The highest BCUT2D eigenvalue weighted by Gasteiger charge is 2.53. The van der Waals surface area contributed by atoms with Gasteiger partial charge in [-0.2, -0.15) is 0 Å². The lowest BCUT2D eigenvalue weighted by Crippen LogP contribution is -2.40. The number of Topliss-reactive ketones (excluding diaryl/α,β-unsaturated/α-hetero) is 1. The Hall–Kier alpha value is -1.90. The zero-order valence-corrected chi connectivity index (χ0v) is 12.7. The maximum atomic E-state index is 12.3. The van der Waals surface area contributed by atoms with Crippen LogP contribution in [-0.2, 0) is 4.79 Å². The van der Waals surface area contributed by atoms with Gasteiger partial charge in [-0.25, -0.2) is 0 Å². The lowest BCUT2D eigenvalue weighted by Gasteiger charge is -2.46. The van der Waals surface area contributed by atoms with E-state index in [1.54, 1.807) is 6.07 Å². The zero-order chi connectivity index (χ0) is 15.5. The standard InChI is InChI=1S/C19H20O3/c1-19-7-6-13-14(16(19)4-5-18(19)22)3-2-11-9-17(21)12(10-20)8-15(11)13/h2-3,8-10,13-14,16,21H,4-7H2,1H3. The summed E-state index contributed by atoms with van der Waals surface area (Å²) in [4.78, 5) is 23.4. The fourth-order valence-electron chi connectivity index (χ4n) is 5.01. The molecule has 4 rings (SSSR count). The highest BCUT2D eigenvalue weighted by Crippen LogP contribution is 2.58. The molecule has 0 aromatic heterocycles. The van der Waals surface area contributed by atoms with Crippen LogP contribution in [-0.4, -0.2) is 17.2 Å². The van der Waals surface area contributed by atoms with E-state index in [9.17, 15) is 14.7 Å². The molecule has 0 spiro atoms. The summed E-state index contributed by atoms with van der Waals surface area (Å²) in [5.74, 6) is 1.63. The van der Waals surface area contributed by atoms with Crippen LogP contribution < -0.4 is 0 Å². The lowest BCUT2D eigenvalue weighted by atomic mass is 9.57. The molecule has 0 aliphatic heterocycles. The van der Waals surface area contributed by atoms with Crippen molar-refractivity contribution in [2.24, 2.45) is 17.3 Å². The van der Waals surface area contributed by atoms with Gasteiger partial charge in [0.2, 0.25) is 0 Å². The van der Waals surface area contributed by atoms with E-state index in [-0.39, 0.29) is 11.2 Å². The molecule has 4 atom stereocenters. The number of aldehydes is 1. The van der Waals surface area contributed by atoms with Crippen LogP contribution in [0.3, 0.4) is 0 Å².